The minimum Gasteiger partial charge on any atom is -0.493 e. The quantitative estimate of drug-likeness (QED) is 0.666. The molecular formula is C22H29N5O3. The average molecular weight is 412 g/mol. The molecule has 1 aliphatic rings. The molecule has 0 unspecified atom stereocenters. The maximum Gasteiger partial charge on any atom is 0.165 e. The zero-order valence-corrected chi connectivity index (χ0v) is 18.1. The third-order valence-electron chi connectivity index (χ3n) is 5.66. The minimum atomic E-state index is 0.200. The van der Waals surface area contributed by atoms with Gasteiger partial charge in [0.15, 0.2) is 17.1 Å². The zero-order valence-electron chi connectivity index (χ0n) is 18.1. The van der Waals surface area contributed by atoms with Crippen molar-refractivity contribution in [3.8, 4) is 22.6 Å². The molecule has 0 saturated carbocycles. The number of benzene rings is 1. The number of nitrogens with zero attached hydrogens (tertiary/aromatic N) is 5. The fraction of sp³-hybridized carbons (Fsp3) is 0.455. The summed E-state index contributed by atoms with van der Waals surface area (Å²) in [7, 11) is 3.27. The molecule has 0 bridgehead atoms. The van der Waals surface area contributed by atoms with E-state index in [9.17, 15) is 5.11 Å². The fourth-order valence-corrected chi connectivity index (χ4v) is 4.12. The van der Waals surface area contributed by atoms with Crippen molar-refractivity contribution in [2.75, 3.05) is 58.5 Å². The first kappa shape index (κ1) is 20.4. The maximum atomic E-state index is 9.20. The van der Waals surface area contributed by atoms with Crippen molar-refractivity contribution >= 4 is 11.5 Å². The lowest BCUT2D eigenvalue weighted by Crippen LogP contribution is -2.47. The van der Waals surface area contributed by atoms with Gasteiger partial charge < -0.3 is 19.5 Å². The van der Waals surface area contributed by atoms with E-state index in [2.05, 4.69) is 15.9 Å². The number of aryl methyl sites for hydroxylation is 2. The molecule has 8 nitrogen and oxygen atoms in total. The summed E-state index contributed by atoms with van der Waals surface area (Å²) in [4.78, 5) is 9.46. The highest BCUT2D eigenvalue weighted by molar-refractivity contribution is 5.82. The number of β-amino-alcohol motifs (C(OH)–C–C–N with tert-alkyl or cyclic N) is 1. The van der Waals surface area contributed by atoms with E-state index in [4.69, 9.17) is 19.6 Å². The van der Waals surface area contributed by atoms with Gasteiger partial charge in [0.05, 0.1) is 26.5 Å². The van der Waals surface area contributed by atoms with Crippen LogP contribution in [0.3, 0.4) is 0 Å². The number of aliphatic hydroxyl groups excluding tert-OH is 1. The smallest absolute Gasteiger partial charge is 0.165 e. The van der Waals surface area contributed by atoms with Gasteiger partial charge in [-0.1, -0.05) is 6.07 Å². The highest BCUT2D eigenvalue weighted by atomic mass is 16.5. The Hall–Kier alpha value is -2.84. The second-order valence-corrected chi connectivity index (χ2v) is 7.57. The van der Waals surface area contributed by atoms with E-state index >= 15 is 0 Å². The van der Waals surface area contributed by atoms with Crippen LogP contribution in [-0.4, -0.2) is 78.2 Å². The molecule has 3 aromatic rings. The summed E-state index contributed by atoms with van der Waals surface area (Å²) in [6, 6.07) is 8.00. The Morgan fingerprint density at radius 3 is 2.40 bits per heavy atom. The summed E-state index contributed by atoms with van der Waals surface area (Å²) in [5, 5.41) is 14.0. The highest BCUT2D eigenvalue weighted by Gasteiger charge is 2.23. The first-order valence-electron chi connectivity index (χ1n) is 10.2. The number of methoxy groups -OCH3 is 2. The van der Waals surface area contributed by atoms with Crippen molar-refractivity contribution in [2.45, 2.75) is 13.8 Å². The van der Waals surface area contributed by atoms with Crippen LogP contribution in [-0.2, 0) is 0 Å². The lowest BCUT2D eigenvalue weighted by atomic mass is 10.1. The summed E-state index contributed by atoms with van der Waals surface area (Å²) in [5.41, 5.74) is 4.71. The molecule has 1 aliphatic heterocycles. The Bertz CT molecular complexity index is 1040. The monoisotopic (exact) mass is 411 g/mol. The molecule has 1 fully saturated rings. The highest BCUT2D eigenvalue weighted by Crippen LogP contribution is 2.36. The van der Waals surface area contributed by atoms with Crippen LogP contribution >= 0.6 is 0 Å². The molecule has 160 valence electrons. The van der Waals surface area contributed by atoms with Crippen molar-refractivity contribution in [1.82, 2.24) is 19.5 Å². The van der Waals surface area contributed by atoms with Crippen LogP contribution in [0.15, 0.2) is 24.3 Å². The SMILES string of the molecule is COc1ccc(-c2c(C)nn3c(N4CCN(CCO)CC4)cc(C)nc23)cc1OC. The molecule has 1 saturated heterocycles. The molecular weight excluding hydrogens is 382 g/mol. The zero-order chi connectivity index (χ0) is 21.3. The van der Waals surface area contributed by atoms with E-state index < -0.39 is 0 Å². The molecule has 1 aromatic carbocycles. The van der Waals surface area contributed by atoms with Crippen molar-refractivity contribution in [1.29, 1.82) is 0 Å². The van der Waals surface area contributed by atoms with Crippen LogP contribution in [0.1, 0.15) is 11.4 Å². The van der Waals surface area contributed by atoms with Crippen molar-refractivity contribution in [3.63, 3.8) is 0 Å². The Balaban J connectivity index is 1.77. The molecule has 0 amide bonds. The molecule has 0 spiro atoms. The lowest BCUT2D eigenvalue weighted by molar-refractivity contribution is 0.188. The largest absolute Gasteiger partial charge is 0.493 e. The molecule has 0 atom stereocenters. The van der Waals surface area contributed by atoms with Gasteiger partial charge in [0.1, 0.15) is 5.82 Å². The van der Waals surface area contributed by atoms with Gasteiger partial charge >= 0.3 is 0 Å². The van der Waals surface area contributed by atoms with Gasteiger partial charge in [0.25, 0.3) is 0 Å². The Labute approximate surface area is 176 Å². The predicted molar refractivity (Wildman–Crippen MR) is 117 cm³/mol. The number of piperazine rings is 1. The second kappa shape index (κ2) is 8.49. The molecule has 8 heteroatoms. The summed E-state index contributed by atoms with van der Waals surface area (Å²) in [5.74, 6) is 2.43. The number of anilines is 1. The number of hydrogen-bond acceptors (Lipinski definition) is 7. The molecule has 1 N–H and O–H groups in total. The van der Waals surface area contributed by atoms with Crippen LogP contribution in [0.5, 0.6) is 11.5 Å². The first-order valence-corrected chi connectivity index (χ1v) is 10.2. The third-order valence-corrected chi connectivity index (χ3v) is 5.66. The predicted octanol–water partition coefficient (Wildman–Crippen LogP) is 2.14. The standard InChI is InChI=1S/C22H29N5O3/c1-15-13-20(26-9-7-25(8-10-26)11-12-28)27-22(23-15)21(16(2)24-27)17-5-6-18(29-3)19(14-17)30-4/h5-6,13-14,28H,7-12H2,1-4H3. The van der Waals surface area contributed by atoms with E-state index in [0.717, 1.165) is 66.7 Å². The van der Waals surface area contributed by atoms with Crippen molar-refractivity contribution < 1.29 is 14.6 Å². The molecule has 30 heavy (non-hydrogen) atoms. The Kier molecular flexibility index (Phi) is 5.78. The van der Waals surface area contributed by atoms with Gasteiger partial charge in [-0.15, -0.1) is 0 Å². The number of aromatic nitrogens is 3. The van der Waals surface area contributed by atoms with E-state index in [1.807, 2.05) is 36.6 Å². The number of fused-ring (bicyclic) bond motifs is 1. The van der Waals surface area contributed by atoms with E-state index in [-0.39, 0.29) is 6.61 Å². The van der Waals surface area contributed by atoms with Gasteiger partial charge in [0, 0.05) is 50.0 Å². The van der Waals surface area contributed by atoms with Gasteiger partial charge in [-0.05, 0) is 31.5 Å². The summed E-state index contributed by atoms with van der Waals surface area (Å²) >= 11 is 0. The lowest BCUT2D eigenvalue weighted by Gasteiger charge is -2.35. The summed E-state index contributed by atoms with van der Waals surface area (Å²) in [6.45, 7) is 8.59. The first-order chi connectivity index (χ1) is 14.5. The normalized spacial score (nSPS) is 15.0. The molecule has 3 heterocycles. The topological polar surface area (TPSA) is 75.4 Å². The summed E-state index contributed by atoms with van der Waals surface area (Å²) < 4.78 is 12.8. The van der Waals surface area contributed by atoms with Crippen LogP contribution in [0.4, 0.5) is 5.82 Å². The average Bonchev–Trinajstić information content (AvgIpc) is 3.09. The number of rotatable bonds is 6. The second-order valence-electron chi connectivity index (χ2n) is 7.57. The number of aliphatic hydroxyl groups is 1. The maximum absolute atomic E-state index is 9.20. The van der Waals surface area contributed by atoms with Crippen molar-refractivity contribution in [2.24, 2.45) is 0 Å². The minimum absolute atomic E-state index is 0.200. The Morgan fingerprint density at radius 2 is 1.73 bits per heavy atom. The van der Waals surface area contributed by atoms with Gasteiger partial charge in [-0.2, -0.15) is 9.61 Å². The van der Waals surface area contributed by atoms with Crippen molar-refractivity contribution in [3.05, 3.63) is 35.7 Å². The van der Waals surface area contributed by atoms with E-state index in [1.54, 1.807) is 14.2 Å². The molecule has 4 rings (SSSR count). The molecule has 2 aromatic heterocycles. The van der Waals surface area contributed by atoms with Gasteiger partial charge in [-0.25, -0.2) is 4.98 Å². The number of hydrogen-bond donors (Lipinski definition) is 1. The van der Waals surface area contributed by atoms with Crippen LogP contribution in [0.2, 0.25) is 0 Å². The van der Waals surface area contributed by atoms with Crippen LogP contribution < -0.4 is 14.4 Å². The van der Waals surface area contributed by atoms with E-state index in [1.165, 1.54) is 0 Å². The van der Waals surface area contributed by atoms with Crippen LogP contribution in [0, 0.1) is 13.8 Å². The Morgan fingerprint density at radius 1 is 1.00 bits per heavy atom. The number of ether oxygens (including phenoxy) is 2. The van der Waals surface area contributed by atoms with Crippen LogP contribution in [0.25, 0.3) is 16.8 Å². The third kappa shape index (κ3) is 3.68. The van der Waals surface area contributed by atoms with E-state index in [0.29, 0.717) is 11.5 Å². The summed E-state index contributed by atoms with van der Waals surface area (Å²) in [6.07, 6.45) is 0. The van der Waals surface area contributed by atoms with Gasteiger partial charge in [0.2, 0.25) is 0 Å². The fourth-order valence-electron chi connectivity index (χ4n) is 4.12. The van der Waals surface area contributed by atoms with Gasteiger partial charge in [-0.3, -0.25) is 4.90 Å². The molecule has 0 radical (unpaired) electrons. The molecule has 0 aliphatic carbocycles.